The van der Waals surface area contributed by atoms with Crippen molar-refractivity contribution in [2.45, 2.75) is 18.4 Å². The molecule has 2 rings (SSSR count). The van der Waals surface area contributed by atoms with Crippen molar-refractivity contribution in [3.63, 3.8) is 0 Å². The van der Waals surface area contributed by atoms with Crippen LogP contribution in [0, 0.1) is 18.6 Å². The van der Waals surface area contributed by atoms with Crippen LogP contribution in [0.15, 0.2) is 47.4 Å². The molecule has 0 aromatic heterocycles. The Balaban J connectivity index is 2.20. The molecule has 20 heavy (non-hydrogen) atoms. The quantitative estimate of drug-likeness (QED) is 0.943. The molecule has 0 radical (unpaired) electrons. The van der Waals surface area contributed by atoms with E-state index < -0.39 is 21.7 Å². The number of hydrogen-bond acceptors (Lipinski definition) is 2. The van der Waals surface area contributed by atoms with Crippen molar-refractivity contribution in [2.75, 3.05) is 0 Å². The highest BCUT2D eigenvalue weighted by Crippen LogP contribution is 2.15. The summed E-state index contributed by atoms with van der Waals surface area (Å²) in [5, 5.41) is 0. The molecule has 2 aromatic carbocycles. The van der Waals surface area contributed by atoms with E-state index in [0.717, 1.165) is 12.1 Å². The standard InChI is InChI=1S/C14H13F2NO2S/c1-10-4-2-3-5-14(10)20(18,19)17-9-11-6-7-12(15)8-13(11)16/h2-8,17H,9H2,1H3. The maximum absolute atomic E-state index is 13.4. The minimum Gasteiger partial charge on any atom is -0.207 e. The highest BCUT2D eigenvalue weighted by atomic mass is 32.2. The van der Waals surface area contributed by atoms with Crippen LogP contribution >= 0.6 is 0 Å². The third kappa shape index (κ3) is 3.20. The van der Waals surface area contributed by atoms with Gasteiger partial charge in [0.2, 0.25) is 10.0 Å². The molecule has 0 aliphatic rings. The number of aryl methyl sites for hydroxylation is 1. The van der Waals surface area contributed by atoms with E-state index in [1.54, 1.807) is 25.1 Å². The average molecular weight is 297 g/mol. The molecule has 0 amide bonds. The summed E-state index contributed by atoms with van der Waals surface area (Å²) in [6.07, 6.45) is 0. The van der Waals surface area contributed by atoms with Gasteiger partial charge in [0, 0.05) is 18.2 Å². The largest absolute Gasteiger partial charge is 0.241 e. The van der Waals surface area contributed by atoms with Crippen LogP contribution in [0.2, 0.25) is 0 Å². The second-order valence-corrected chi connectivity index (χ2v) is 6.06. The molecular weight excluding hydrogens is 284 g/mol. The molecule has 0 atom stereocenters. The highest BCUT2D eigenvalue weighted by molar-refractivity contribution is 7.89. The van der Waals surface area contributed by atoms with E-state index in [0.29, 0.717) is 5.56 Å². The van der Waals surface area contributed by atoms with Crippen LogP contribution in [0.5, 0.6) is 0 Å². The molecule has 0 bridgehead atoms. The zero-order valence-corrected chi connectivity index (χ0v) is 11.5. The molecule has 0 spiro atoms. The van der Waals surface area contributed by atoms with Crippen LogP contribution in [0.25, 0.3) is 0 Å². The Labute approximate surface area is 116 Å². The molecule has 0 saturated heterocycles. The predicted molar refractivity (Wildman–Crippen MR) is 71.6 cm³/mol. The summed E-state index contributed by atoms with van der Waals surface area (Å²) in [5.74, 6) is -1.48. The SMILES string of the molecule is Cc1ccccc1S(=O)(=O)NCc1ccc(F)cc1F. The number of halogens is 2. The number of rotatable bonds is 4. The van der Waals surface area contributed by atoms with Gasteiger partial charge in [-0.3, -0.25) is 0 Å². The van der Waals surface area contributed by atoms with Crippen LogP contribution < -0.4 is 4.72 Å². The smallest absolute Gasteiger partial charge is 0.207 e. The molecular formula is C14H13F2NO2S. The van der Waals surface area contributed by atoms with E-state index in [-0.39, 0.29) is 17.0 Å². The van der Waals surface area contributed by atoms with Gasteiger partial charge in [-0.15, -0.1) is 0 Å². The normalized spacial score (nSPS) is 11.6. The summed E-state index contributed by atoms with van der Waals surface area (Å²) in [5.41, 5.74) is 0.683. The van der Waals surface area contributed by atoms with Crippen molar-refractivity contribution in [1.82, 2.24) is 4.72 Å². The summed E-state index contributed by atoms with van der Waals surface area (Å²) < 4.78 is 52.7. The fraction of sp³-hybridized carbons (Fsp3) is 0.143. The second-order valence-electron chi connectivity index (χ2n) is 4.33. The monoisotopic (exact) mass is 297 g/mol. The average Bonchev–Trinajstić information content (AvgIpc) is 2.38. The first-order chi connectivity index (χ1) is 9.40. The van der Waals surface area contributed by atoms with Gasteiger partial charge in [0.25, 0.3) is 0 Å². The van der Waals surface area contributed by atoms with Crippen molar-refractivity contribution in [3.8, 4) is 0 Å². The van der Waals surface area contributed by atoms with Crippen molar-refractivity contribution >= 4 is 10.0 Å². The van der Waals surface area contributed by atoms with Gasteiger partial charge in [0.1, 0.15) is 11.6 Å². The van der Waals surface area contributed by atoms with E-state index in [4.69, 9.17) is 0 Å². The lowest BCUT2D eigenvalue weighted by Gasteiger charge is -2.09. The molecule has 0 unspecified atom stereocenters. The van der Waals surface area contributed by atoms with Gasteiger partial charge < -0.3 is 0 Å². The third-order valence-corrected chi connectivity index (χ3v) is 4.41. The molecule has 0 heterocycles. The van der Waals surface area contributed by atoms with Gasteiger partial charge in [-0.05, 0) is 24.6 Å². The van der Waals surface area contributed by atoms with Crippen LogP contribution in [-0.2, 0) is 16.6 Å². The first-order valence-corrected chi connectivity index (χ1v) is 7.38. The van der Waals surface area contributed by atoms with Gasteiger partial charge in [-0.25, -0.2) is 21.9 Å². The fourth-order valence-corrected chi connectivity index (χ4v) is 3.02. The maximum Gasteiger partial charge on any atom is 0.241 e. The Kier molecular flexibility index (Phi) is 4.15. The van der Waals surface area contributed by atoms with Crippen molar-refractivity contribution in [1.29, 1.82) is 0 Å². The van der Waals surface area contributed by atoms with Crippen LogP contribution in [0.1, 0.15) is 11.1 Å². The van der Waals surface area contributed by atoms with Crippen molar-refractivity contribution < 1.29 is 17.2 Å². The third-order valence-electron chi connectivity index (χ3n) is 2.85. The molecule has 1 N–H and O–H groups in total. The van der Waals surface area contributed by atoms with Gasteiger partial charge in [0.05, 0.1) is 4.90 Å². The molecule has 3 nitrogen and oxygen atoms in total. The van der Waals surface area contributed by atoms with Crippen molar-refractivity contribution in [3.05, 3.63) is 65.2 Å². The van der Waals surface area contributed by atoms with Gasteiger partial charge in [-0.1, -0.05) is 24.3 Å². The zero-order chi connectivity index (χ0) is 14.8. The maximum atomic E-state index is 13.4. The summed E-state index contributed by atoms with van der Waals surface area (Å²) in [6, 6.07) is 9.50. The lowest BCUT2D eigenvalue weighted by molar-refractivity contribution is 0.562. The number of sulfonamides is 1. The van der Waals surface area contributed by atoms with Crippen LogP contribution in [0.3, 0.4) is 0 Å². The Morgan fingerprint density at radius 3 is 2.45 bits per heavy atom. The lowest BCUT2D eigenvalue weighted by Crippen LogP contribution is -2.24. The first kappa shape index (κ1) is 14.6. The van der Waals surface area contributed by atoms with E-state index in [2.05, 4.69) is 4.72 Å². The molecule has 0 saturated carbocycles. The summed E-state index contributed by atoms with van der Waals surface area (Å²) >= 11 is 0. The summed E-state index contributed by atoms with van der Waals surface area (Å²) in [6.45, 7) is 1.44. The summed E-state index contributed by atoms with van der Waals surface area (Å²) in [4.78, 5) is 0.141. The van der Waals surface area contributed by atoms with E-state index in [9.17, 15) is 17.2 Å². The minimum absolute atomic E-state index is 0.0866. The van der Waals surface area contributed by atoms with Crippen LogP contribution in [0.4, 0.5) is 8.78 Å². The Bertz CT molecular complexity index is 730. The minimum atomic E-state index is -3.73. The number of nitrogens with one attached hydrogen (secondary N) is 1. The van der Waals surface area contributed by atoms with Crippen molar-refractivity contribution in [2.24, 2.45) is 0 Å². The van der Waals surface area contributed by atoms with E-state index >= 15 is 0 Å². The Hall–Kier alpha value is -1.79. The molecule has 0 fully saturated rings. The van der Waals surface area contributed by atoms with E-state index in [1.807, 2.05) is 0 Å². The highest BCUT2D eigenvalue weighted by Gasteiger charge is 2.16. The lowest BCUT2D eigenvalue weighted by atomic mass is 10.2. The Morgan fingerprint density at radius 2 is 1.80 bits per heavy atom. The van der Waals surface area contributed by atoms with E-state index in [1.165, 1.54) is 12.1 Å². The molecule has 0 aliphatic heterocycles. The summed E-state index contributed by atoms with van der Waals surface area (Å²) in [7, 11) is -3.73. The van der Waals surface area contributed by atoms with Gasteiger partial charge in [0.15, 0.2) is 0 Å². The molecule has 2 aromatic rings. The second kappa shape index (κ2) is 5.68. The molecule has 0 aliphatic carbocycles. The van der Waals surface area contributed by atoms with Gasteiger partial charge >= 0.3 is 0 Å². The predicted octanol–water partition coefficient (Wildman–Crippen LogP) is 2.75. The molecule has 106 valence electrons. The van der Waals surface area contributed by atoms with Gasteiger partial charge in [-0.2, -0.15) is 0 Å². The fourth-order valence-electron chi connectivity index (χ4n) is 1.77. The topological polar surface area (TPSA) is 46.2 Å². The number of benzene rings is 2. The number of hydrogen-bond donors (Lipinski definition) is 1. The zero-order valence-electron chi connectivity index (χ0n) is 10.7. The first-order valence-electron chi connectivity index (χ1n) is 5.89. The van der Waals surface area contributed by atoms with Crippen LogP contribution in [-0.4, -0.2) is 8.42 Å². The Morgan fingerprint density at radius 1 is 1.10 bits per heavy atom. The molecule has 6 heteroatoms.